The Hall–Kier alpha value is -1.62. The van der Waals surface area contributed by atoms with Gasteiger partial charge < -0.3 is 15.0 Å². The van der Waals surface area contributed by atoms with Gasteiger partial charge in [-0.1, -0.05) is 37.8 Å². The number of halogens is 1. The summed E-state index contributed by atoms with van der Waals surface area (Å²) in [5.74, 6) is -0.267. The summed E-state index contributed by atoms with van der Waals surface area (Å²) in [6, 6.07) is 6.39. The number of urea groups is 1. The topological polar surface area (TPSA) is 41.6 Å². The number of rotatable bonds is 4. The van der Waals surface area contributed by atoms with E-state index in [0.29, 0.717) is 6.04 Å². The fourth-order valence-electron chi connectivity index (χ4n) is 3.97. The van der Waals surface area contributed by atoms with Crippen molar-refractivity contribution in [3.8, 4) is 0 Å². The predicted molar refractivity (Wildman–Crippen MR) is 95.9 cm³/mol. The highest BCUT2D eigenvalue weighted by Gasteiger charge is 2.31. The number of amides is 2. The second-order valence-electron chi connectivity index (χ2n) is 7.29. The maximum absolute atomic E-state index is 13.3. The minimum Gasteiger partial charge on any atom is -0.376 e. The van der Waals surface area contributed by atoms with E-state index < -0.39 is 0 Å². The number of benzene rings is 1. The van der Waals surface area contributed by atoms with Crippen molar-refractivity contribution >= 4 is 6.03 Å². The van der Waals surface area contributed by atoms with Crippen LogP contribution in [-0.4, -0.2) is 36.7 Å². The molecular formula is C20H29FN2O2. The lowest BCUT2D eigenvalue weighted by Crippen LogP contribution is -2.47. The fraction of sp³-hybridized carbons (Fsp3) is 0.650. The van der Waals surface area contributed by atoms with Crippen LogP contribution in [0.3, 0.4) is 0 Å². The van der Waals surface area contributed by atoms with Crippen molar-refractivity contribution in [2.24, 2.45) is 0 Å². The van der Waals surface area contributed by atoms with E-state index in [1.54, 1.807) is 12.1 Å². The minimum atomic E-state index is -0.267. The Morgan fingerprint density at radius 1 is 1.12 bits per heavy atom. The number of hydrogen-bond donors (Lipinski definition) is 1. The molecule has 5 heteroatoms. The summed E-state index contributed by atoms with van der Waals surface area (Å²) >= 11 is 0. The van der Waals surface area contributed by atoms with Crippen LogP contribution < -0.4 is 5.32 Å². The van der Waals surface area contributed by atoms with Gasteiger partial charge in [0.1, 0.15) is 5.82 Å². The Balaban J connectivity index is 1.70. The molecule has 2 aliphatic rings. The van der Waals surface area contributed by atoms with Crippen LogP contribution in [0, 0.1) is 5.82 Å². The third-order valence-corrected chi connectivity index (χ3v) is 5.54. The first-order chi connectivity index (χ1) is 12.1. The van der Waals surface area contributed by atoms with Crippen LogP contribution in [0.25, 0.3) is 0 Å². The summed E-state index contributed by atoms with van der Waals surface area (Å²) in [5.41, 5.74) is 0.899. The fourth-order valence-corrected chi connectivity index (χ4v) is 3.97. The van der Waals surface area contributed by atoms with E-state index >= 15 is 0 Å². The van der Waals surface area contributed by atoms with E-state index in [4.69, 9.17) is 4.74 Å². The number of nitrogens with zero attached hydrogens (tertiary/aromatic N) is 1. The lowest BCUT2D eigenvalue weighted by Gasteiger charge is -2.31. The molecule has 4 nitrogen and oxygen atoms in total. The molecular weight excluding hydrogens is 319 g/mol. The normalized spacial score (nSPS) is 23.0. The molecule has 1 aliphatic carbocycles. The van der Waals surface area contributed by atoms with Crippen molar-refractivity contribution in [1.82, 2.24) is 10.2 Å². The lowest BCUT2D eigenvalue weighted by atomic mass is 9.99. The largest absolute Gasteiger partial charge is 0.376 e. The maximum Gasteiger partial charge on any atom is 0.317 e. The van der Waals surface area contributed by atoms with Crippen LogP contribution in [0.1, 0.15) is 63.0 Å². The second-order valence-corrected chi connectivity index (χ2v) is 7.29. The molecule has 0 radical (unpaired) electrons. The van der Waals surface area contributed by atoms with E-state index in [2.05, 4.69) is 5.32 Å². The highest BCUT2D eigenvalue weighted by molar-refractivity contribution is 5.75. The average Bonchev–Trinajstić information content (AvgIpc) is 3.01. The molecule has 2 unspecified atom stereocenters. The van der Waals surface area contributed by atoms with E-state index in [9.17, 15) is 9.18 Å². The average molecular weight is 348 g/mol. The summed E-state index contributed by atoms with van der Waals surface area (Å²) in [6.07, 6.45) is 8.92. The van der Waals surface area contributed by atoms with Crippen LogP contribution in [0.5, 0.6) is 0 Å². The van der Waals surface area contributed by atoms with Gasteiger partial charge >= 0.3 is 6.03 Å². The Morgan fingerprint density at radius 2 is 1.80 bits per heavy atom. The number of carbonyl (C=O) groups is 1. The Morgan fingerprint density at radius 3 is 2.40 bits per heavy atom. The third kappa shape index (κ3) is 4.72. The molecule has 0 spiro atoms. The Labute approximate surface area is 149 Å². The zero-order chi connectivity index (χ0) is 17.6. The number of ether oxygens (including phenoxy) is 1. The molecule has 0 aromatic heterocycles. The van der Waals surface area contributed by atoms with Crippen molar-refractivity contribution < 1.29 is 13.9 Å². The van der Waals surface area contributed by atoms with Gasteiger partial charge in [0.25, 0.3) is 0 Å². The standard InChI is InChI=1S/C20H29FN2O2/c1-23(17-7-4-2-3-5-8-17)20(24)22-19(18-9-6-14-25-18)15-10-12-16(21)13-11-15/h10-13,17-19H,2-9,14H2,1H3,(H,22,24). The van der Waals surface area contributed by atoms with Crippen LogP contribution in [0.15, 0.2) is 24.3 Å². The molecule has 138 valence electrons. The summed E-state index contributed by atoms with van der Waals surface area (Å²) in [7, 11) is 1.89. The highest BCUT2D eigenvalue weighted by Crippen LogP contribution is 2.28. The van der Waals surface area contributed by atoms with Gasteiger partial charge in [-0.15, -0.1) is 0 Å². The maximum atomic E-state index is 13.3. The van der Waals surface area contributed by atoms with E-state index in [1.165, 1.54) is 37.8 Å². The van der Waals surface area contributed by atoms with Gasteiger partial charge in [-0.2, -0.15) is 0 Å². The van der Waals surface area contributed by atoms with Gasteiger partial charge in [0, 0.05) is 19.7 Å². The van der Waals surface area contributed by atoms with Gasteiger partial charge in [-0.05, 0) is 43.4 Å². The predicted octanol–water partition coefficient (Wildman–Crippen LogP) is 4.41. The first kappa shape index (κ1) is 18.2. The van der Waals surface area contributed by atoms with Gasteiger partial charge in [0.15, 0.2) is 0 Å². The molecule has 1 saturated carbocycles. The molecule has 3 rings (SSSR count). The van der Waals surface area contributed by atoms with E-state index in [0.717, 1.165) is 37.9 Å². The molecule has 2 fully saturated rings. The van der Waals surface area contributed by atoms with Gasteiger partial charge in [-0.25, -0.2) is 9.18 Å². The molecule has 2 atom stereocenters. The monoisotopic (exact) mass is 348 g/mol. The van der Waals surface area contributed by atoms with Crippen molar-refractivity contribution in [3.63, 3.8) is 0 Å². The summed E-state index contributed by atoms with van der Waals surface area (Å²) < 4.78 is 19.1. The molecule has 1 aromatic rings. The van der Waals surface area contributed by atoms with Gasteiger partial charge in [0.2, 0.25) is 0 Å². The summed E-state index contributed by atoms with van der Waals surface area (Å²) in [5, 5.41) is 3.15. The molecule has 25 heavy (non-hydrogen) atoms. The van der Waals surface area contributed by atoms with E-state index in [-0.39, 0.29) is 24.0 Å². The van der Waals surface area contributed by atoms with E-state index in [1.807, 2.05) is 11.9 Å². The third-order valence-electron chi connectivity index (χ3n) is 5.54. The van der Waals surface area contributed by atoms with Crippen LogP contribution >= 0.6 is 0 Å². The van der Waals surface area contributed by atoms with Crippen LogP contribution in [0.2, 0.25) is 0 Å². The number of nitrogens with one attached hydrogen (secondary N) is 1. The van der Waals surface area contributed by atoms with Crippen molar-refractivity contribution in [2.45, 2.75) is 69.6 Å². The summed E-state index contributed by atoms with van der Waals surface area (Å²) in [6.45, 7) is 0.719. The lowest BCUT2D eigenvalue weighted by molar-refractivity contribution is 0.0772. The van der Waals surface area contributed by atoms with Gasteiger partial charge in [-0.3, -0.25) is 0 Å². The van der Waals surface area contributed by atoms with Gasteiger partial charge in [0.05, 0.1) is 12.1 Å². The minimum absolute atomic E-state index is 0.0445. The van der Waals surface area contributed by atoms with Crippen molar-refractivity contribution in [3.05, 3.63) is 35.6 Å². The Bertz CT molecular complexity index is 549. The number of carbonyl (C=O) groups excluding carboxylic acids is 1. The molecule has 1 heterocycles. The van der Waals surface area contributed by atoms with Crippen molar-refractivity contribution in [1.29, 1.82) is 0 Å². The zero-order valence-corrected chi connectivity index (χ0v) is 15.0. The second kappa shape index (κ2) is 8.65. The molecule has 0 bridgehead atoms. The molecule has 1 saturated heterocycles. The Kier molecular flexibility index (Phi) is 6.29. The zero-order valence-electron chi connectivity index (χ0n) is 15.0. The molecule has 1 aromatic carbocycles. The van der Waals surface area contributed by atoms with Crippen LogP contribution in [-0.2, 0) is 4.74 Å². The number of hydrogen-bond acceptors (Lipinski definition) is 2. The molecule has 1 N–H and O–H groups in total. The first-order valence-electron chi connectivity index (χ1n) is 9.55. The molecule has 2 amide bonds. The molecule has 1 aliphatic heterocycles. The first-order valence-corrected chi connectivity index (χ1v) is 9.55. The van der Waals surface area contributed by atoms with Crippen molar-refractivity contribution in [2.75, 3.05) is 13.7 Å². The quantitative estimate of drug-likeness (QED) is 0.819. The van der Waals surface area contributed by atoms with Crippen LogP contribution in [0.4, 0.5) is 9.18 Å². The smallest absolute Gasteiger partial charge is 0.317 e. The SMILES string of the molecule is CN(C(=O)NC(c1ccc(F)cc1)C1CCCO1)C1CCCCCC1. The highest BCUT2D eigenvalue weighted by atomic mass is 19.1. The summed E-state index contributed by atoms with van der Waals surface area (Å²) in [4.78, 5) is 14.7.